The van der Waals surface area contributed by atoms with Crippen molar-refractivity contribution in [3.8, 4) is 0 Å². The van der Waals surface area contributed by atoms with Gasteiger partial charge in [0, 0.05) is 12.6 Å². The van der Waals surface area contributed by atoms with Crippen LogP contribution in [0, 0.1) is 5.92 Å². The Morgan fingerprint density at radius 3 is 2.89 bits per heavy atom. The Kier molecular flexibility index (Phi) is 5.01. The van der Waals surface area contributed by atoms with Crippen LogP contribution in [0.1, 0.15) is 39.5 Å². The van der Waals surface area contributed by atoms with Crippen LogP contribution in [0.15, 0.2) is 0 Å². The lowest BCUT2D eigenvalue weighted by Gasteiger charge is -2.35. The van der Waals surface area contributed by atoms with Crippen molar-refractivity contribution in [1.29, 1.82) is 0 Å². The molecule has 0 aromatic carbocycles. The summed E-state index contributed by atoms with van der Waals surface area (Å²) in [5.41, 5.74) is 0. The lowest BCUT2D eigenvalue weighted by molar-refractivity contribution is -0.149. The minimum Gasteiger partial charge on any atom is -0.462 e. The smallest absolute Gasteiger partial charge is 0.320 e. The first-order chi connectivity index (χ1) is 8.65. The molecule has 1 N–H and O–H groups in total. The quantitative estimate of drug-likeness (QED) is 0.770. The van der Waals surface area contributed by atoms with Crippen LogP contribution in [0.2, 0.25) is 0 Å². The van der Waals surface area contributed by atoms with Crippen molar-refractivity contribution in [3.63, 3.8) is 0 Å². The Hall–Kier alpha value is -0.610. The van der Waals surface area contributed by atoms with Gasteiger partial charge in [0.1, 0.15) is 0 Å². The van der Waals surface area contributed by atoms with Gasteiger partial charge in [-0.15, -0.1) is 0 Å². The number of esters is 1. The molecule has 0 spiro atoms. The summed E-state index contributed by atoms with van der Waals surface area (Å²) in [6.45, 7) is 7.51. The molecule has 4 nitrogen and oxygen atoms in total. The van der Waals surface area contributed by atoms with Crippen molar-refractivity contribution in [2.75, 3.05) is 26.2 Å². The SMILES string of the molecule is CC(C)OC(=O)CN1CCCC(C2CCCN2)C1. The van der Waals surface area contributed by atoms with Crippen LogP contribution in [0.25, 0.3) is 0 Å². The van der Waals surface area contributed by atoms with Crippen molar-refractivity contribution in [2.45, 2.75) is 51.7 Å². The molecule has 0 saturated carbocycles. The molecular weight excluding hydrogens is 228 g/mol. The first kappa shape index (κ1) is 13.8. The fraction of sp³-hybridized carbons (Fsp3) is 0.929. The normalized spacial score (nSPS) is 29.7. The van der Waals surface area contributed by atoms with E-state index in [-0.39, 0.29) is 12.1 Å². The highest BCUT2D eigenvalue weighted by atomic mass is 16.5. The number of nitrogens with zero attached hydrogens (tertiary/aromatic N) is 1. The van der Waals surface area contributed by atoms with Crippen molar-refractivity contribution < 1.29 is 9.53 Å². The largest absolute Gasteiger partial charge is 0.462 e. The Morgan fingerprint density at radius 2 is 2.22 bits per heavy atom. The van der Waals surface area contributed by atoms with Crippen LogP contribution in [0.4, 0.5) is 0 Å². The number of piperidine rings is 1. The highest BCUT2D eigenvalue weighted by Gasteiger charge is 2.29. The van der Waals surface area contributed by atoms with Gasteiger partial charge in [0.25, 0.3) is 0 Å². The third-order valence-corrected chi connectivity index (χ3v) is 3.93. The van der Waals surface area contributed by atoms with Crippen LogP contribution in [0.5, 0.6) is 0 Å². The number of carbonyl (C=O) groups is 1. The zero-order valence-electron chi connectivity index (χ0n) is 11.7. The lowest BCUT2D eigenvalue weighted by atomic mass is 9.90. The molecule has 2 heterocycles. The second-order valence-corrected chi connectivity index (χ2v) is 5.88. The maximum Gasteiger partial charge on any atom is 0.320 e. The third-order valence-electron chi connectivity index (χ3n) is 3.93. The molecule has 0 amide bonds. The summed E-state index contributed by atoms with van der Waals surface area (Å²) < 4.78 is 5.22. The molecule has 104 valence electrons. The summed E-state index contributed by atoms with van der Waals surface area (Å²) in [6.07, 6.45) is 5.10. The molecule has 2 fully saturated rings. The van der Waals surface area contributed by atoms with Gasteiger partial charge < -0.3 is 10.1 Å². The Bertz CT molecular complexity index is 275. The van der Waals surface area contributed by atoms with Crippen LogP contribution in [-0.4, -0.2) is 49.2 Å². The van der Waals surface area contributed by atoms with Crippen LogP contribution >= 0.6 is 0 Å². The standard InChI is InChI=1S/C14H26N2O2/c1-11(2)18-14(17)10-16-8-4-5-12(9-16)13-6-3-7-15-13/h11-13,15H,3-10H2,1-2H3. The van der Waals surface area contributed by atoms with Gasteiger partial charge in [-0.05, 0) is 58.5 Å². The molecule has 2 saturated heterocycles. The molecule has 2 aliphatic rings. The summed E-state index contributed by atoms with van der Waals surface area (Å²) in [7, 11) is 0. The Balaban J connectivity index is 1.77. The molecule has 2 atom stereocenters. The maximum absolute atomic E-state index is 11.7. The van der Waals surface area contributed by atoms with Gasteiger partial charge in [0.15, 0.2) is 0 Å². The second kappa shape index (κ2) is 6.53. The monoisotopic (exact) mass is 254 g/mol. The Morgan fingerprint density at radius 1 is 1.39 bits per heavy atom. The zero-order valence-corrected chi connectivity index (χ0v) is 11.7. The number of hydrogen-bond donors (Lipinski definition) is 1. The van der Waals surface area contributed by atoms with E-state index in [1.807, 2.05) is 13.8 Å². The molecule has 0 aromatic heterocycles. The summed E-state index contributed by atoms with van der Waals surface area (Å²) in [4.78, 5) is 13.9. The molecule has 4 heteroatoms. The molecular formula is C14H26N2O2. The van der Waals surface area contributed by atoms with Gasteiger partial charge in [0.05, 0.1) is 12.6 Å². The first-order valence-corrected chi connectivity index (χ1v) is 7.30. The summed E-state index contributed by atoms with van der Waals surface area (Å²) in [6, 6.07) is 0.675. The number of likely N-dealkylation sites (tertiary alicyclic amines) is 1. The minimum atomic E-state index is -0.0787. The van der Waals surface area contributed by atoms with Gasteiger partial charge >= 0.3 is 5.97 Å². The van der Waals surface area contributed by atoms with Crippen molar-refractivity contribution in [2.24, 2.45) is 5.92 Å². The Labute approximate surface area is 110 Å². The van der Waals surface area contributed by atoms with Crippen molar-refractivity contribution in [1.82, 2.24) is 10.2 Å². The topological polar surface area (TPSA) is 41.6 Å². The maximum atomic E-state index is 11.7. The summed E-state index contributed by atoms with van der Waals surface area (Å²) in [5.74, 6) is 0.637. The van der Waals surface area contributed by atoms with Crippen LogP contribution in [-0.2, 0) is 9.53 Å². The van der Waals surface area contributed by atoms with Crippen molar-refractivity contribution in [3.05, 3.63) is 0 Å². The van der Waals surface area contributed by atoms with E-state index in [1.54, 1.807) is 0 Å². The van der Waals surface area contributed by atoms with Crippen LogP contribution in [0.3, 0.4) is 0 Å². The number of hydrogen-bond acceptors (Lipinski definition) is 4. The first-order valence-electron chi connectivity index (χ1n) is 7.30. The van der Waals surface area contributed by atoms with E-state index in [9.17, 15) is 4.79 Å². The minimum absolute atomic E-state index is 0.00501. The number of carbonyl (C=O) groups excluding carboxylic acids is 1. The fourth-order valence-electron chi connectivity index (χ4n) is 3.16. The molecule has 2 aliphatic heterocycles. The van der Waals surface area contributed by atoms with Gasteiger partial charge in [-0.2, -0.15) is 0 Å². The highest BCUT2D eigenvalue weighted by molar-refractivity contribution is 5.71. The molecule has 2 rings (SSSR count). The number of rotatable bonds is 4. The van der Waals surface area contributed by atoms with E-state index in [4.69, 9.17) is 4.74 Å². The van der Waals surface area contributed by atoms with E-state index in [2.05, 4.69) is 10.2 Å². The molecule has 0 bridgehead atoms. The van der Waals surface area contributed by atoms with Gasteiger partial charge in [-0.3, -0.25) is 9.69 Å². The molecule has 2 unspecified atom stereocenters. The van der Waals surface area contributed by atoms with Gasteiger partial charge in [0.2, 0.25) is 0 Å². The van der Waals surface area contributed by atoms with Gasteiger partial charge in [-0.1, -0.05) is 0 Å². The van der Waals surface area contributed by atoms with Gasteiger partial charge in [-0.25, -0.2) is 0 Å². The van der Waals surface area contributed by atoms with E-state index < -0.39 is 0 Å². The molecule has 0 aromatic rings. The highest BCUT2D eigenvalue weighted by Crippen LogP contribution is 2.24. The van der Waals surface area contributed by atoms with E-state index in [0.29, 0.717) is 18.5 Å². The number of ether oxygens (including phenoxy) is 1. The predicted octanol–water partition coefficient (Wildman–Crippen LogP) is 1.40. The van der Waals surface area contributed by atoms with E-state index >= 15 is 0 Å². The summed E-state index contributed by atoms with van der Waals surface area (Å²) in [5, 5.41) is 3.59. The van der Waals surface area contributed by atoms with E-state index in [1.165, 1.54) is 25.7 Å². The predicted molar refractivity (Wildman–Crippen MR) is 71.4 cm³/mol. The van der Waals surface area contributed by atoms with Crippen LogP contribution < -0.4 is 5.32 Å². The second-order valence-electron chi connectivity index (χ2n) is 5.88. The zero-order chi connectivity index (χ0) is 13.0. The lowest BCUT2D eigenvalue weighted by Crippen LogP contribution is -2.45. The van der Waals surface area contributed by atoms with Crippen molar-refractivity contribution >= 4 is 5.97 Å². The average molecular weight is 254 g/mol. The molecule has 0 radical (unpaired) electrons. The third kappa shape index (κ3) is 3.95. The van der Waals surface area contributed by atoms with E-state index in [0.717, 1.165) is 19.6 Å². The molecule has 0 aliphatic carbocycles. The average Bonchev–Trinajstić information content (AvgIpc) is 2.81. The fourth-order valence-corrected chi connectivity index (χ4v) is 3.16. The number of nitrogens with one attached hydrogen (secondary N) is 1. The molecule has 18 heavy (non-hydrogen) atoms. The summed E-state index contributed by atoms with van der Waals surface area (Å²) >= 11 is 0.